The van der Waals surface area contributed by atoms with Crippen LogP contribution in [0.15, 0.2) is 65.3 Å². The molecule has 0 spiro atoms. The summed E-state index contributed by atoms with van der Waals surface area (Å²) in [7, 11) is -3.39. The largest absolute Gasteiger partial charge is 0.487 e. The van der Waals surface area contributed by atoms with Crippen LogP contribution in [-0.4, -0.2) is 26.3 Å². The predicted molar refractivity (Wildman–Crippen MR) is 112 cm³/mol. The van der Waals surface area contributed by atoms with E-state index in [1.54, 1.807) is 6.26 Å². The maximum absolute atomic E-state index is 11.0. The van der Waals surface area contributed by atoms with Crippen molar-refractivity contribution in [2.24, 2.45) is 0 Å². The minimum absolute atomic E-state index is 0.169. The molecule has 0 saturated heterocycles. The summed E-state index contributed by atoms with van der Waals surface area (Å²) < 4.78 is 37.9. The van der Waals surface area contributed by atoms with E-state index in [-0.39, 0.29) is 6.61 Å². The molecule has 0 bridgehead atoms. The molecule has 7 heteroatoms. The van der Waals surface area contributed by atoms with Gasteiger partial charge in [-0.2, -0.15) is 8.42 Å². The fraction of sp³-hybridized carbons (Fsp3) is 0.227. The second-order valence-electron chi connectivity index (χ2n) is 6.49. The highest BCUT2D eigenvalue weighted by atomic mass is 32.2. The first kappa shape index (κ1) is 20.8. The number of hydrogen-bond acceptors (Lipinski definition) is 6. The van der Waals surface area contributed by atoms with Crippen molar-refractivity contribution >= 4 is 22.3 Å². The van der Waals surface area contributed by atoms with E-state index in [0.29, 0.717) is 31.0 Å². The average molecular weight is 413 g/mol. The Bertz CT molecular complexity index is 1040. The summed E-state index contributed by atoms with van der Waals surface area (Å²) in [4.78, 5) is 4.39. The molecule has 0 aliphatic carbocycles. The van der Waals surface area contributed by atoms with Crippen molar-refractivity contribution in [2.75, 3.05) is 12.9 Å². The maximum Gasteiger partial charge on any atom is 0.264 e. The quantitative estimate of drug-likeness (QED) is 0.364. The van der Waals surface area contributed by atoms with Gasteiger partial charge in [0.2, 0.25) is 5.89 Å². The van der Waals surface area contributed by atoms with Crippen LogP contribution in [0.3, 0.4) is 0 Å². The molecule has 0 unspecified atom stereocenters. The summed E-state index contributed by atoms with van der Waals surface area (Å²) in [5, 5.41) is 0. The Morgan fingerprint density at radius 1 is 1.07 bits per heavy atom. The number of ether oxygens (including phenoxy) is 1. The van der Waals surface area contributed by atoms with Gasteiger partial charge < -0.3 is 9.15 Å². The molecule has 0 amide bonds. The smallest absolute Gasteiger partial charge is 0.264 e. The lowest BCUT2D eigenvalue weighted by molar-refractivity contribution is 0.300. The number of benzene rings is 2. The molecule has 0 radical (unpaired) electrons. The van der Waals surface area contributed by atoms with Crippen LogP contribution in [0.25, 0.3) is 12.2 Å². The van der Waals surface area contributed by atoms with Gasteiger partial charge in [0.1, 0.15) is 24.3 Å². The second-order valence-corrected chi connectivity index (χ2v) is 8.13. The molecule has 0 fully saturated rings. The summed E-state index contributed by atoms with van der Waals surface area (Å²) in [6.07, 6.45) is 7.69. The van der Waals surface area contributed by atoms with Crippen LogP contribution >= 0.6 is 0 Å². The van der Waals surface area contributed by atoms with E-state index < -0.39 is 10.1 Å². The number of aryl methyl sites for hydroxylation is 1. The number of hydrogen-bond donors (Lipinski definition) is 0. The van der Waals surface area contributed by atoms with Gasteiger partial charge in [0.05, 0.1) is 12.9 Å². The van der Waals surface area contributed by atoms with E-state index in [1.807, 2.05) is 66.7 Å². The van der Waals surface area contributed by atoms with Gasteiger partial charge in [-0.3, -0.25) is 4.18 Å². The highest BCUT2D eigenvalue weighted by Gasteiger charge is 2.05. The topological polar surface area (TPSA) is 78.6 Å². The van der Waals surface area contributed by atoms with Crippen molar-refractivity contribution in [2.45, 2.75) is 19.4 Å². The zero-order valence-corrected chi connectivity index (χ0v) is 17.0. The maximum atomic E-state index is 11.0. The third-order valence-corrected chi connectivity index (χ3v) is 4.57. The van der Waals surface area contributed by atoms with Gasteiger partial charge in [-0.15, -0.1) is 0 Å². The van der Waals surface area contributed by atoms with Gasteiger partial charge in [-0.05, 0) is 42.2 Å². The van der Waals surface area contributed by atoms with Gasteiger partial charge >= 0.3 is 0 Å². The Labute approximate surface area is 170 Å². The van der Waals surface area contributed by atoms with E-state index in [2.05, 4.69) is 4.98 Å². The Balaban J connectivity index is 1.49. The SMILES string of the molecule is CS(=O)(=O)OCCCc1cccc(OCc2coc(/C=C/c3ccccc3)n2)c1. The van der Waals surface area contributed by atoms with Gasteiger partial charge in [0, 0.05) is 6.08 Å². The lowest BCUT2D eigenvalue weighted by Gasteiger charge is -2.07. The molecule has 0 atom stereocenters. The number of rotatable bonds is 10. The lowest BCUT2D eigenvalue weighted by Crippen LogP contribution is -2.05. The van der Waals surface area contributed by atoms with E-state index in [1.165, 1.54) is 0 Å². The summed E-state index contributed by atoms with van der Waals surface area (Å²) in [5.41, 5.74) is 2.82. The summed E-state index contributed by atoms with van der Waals surface area (Å²) in [5.74, 6) is 1.24. The fourth-order valence-electron chi connectivity index (χ4n) is 2.63. The molecule has 29 heavy (non-hydrogen) atoms. The minimum atomic E-state index is -3.39. The molecule has 3 aromatic rings. The summed E-state index contributed by atoms with van der Waals surface area (Å²) in [6, 6.07) is 17.6. The van der Waals surface area contributed by atoms with Crippen LogP contribution in [0.5, 0.6) is 5.75 Å². The van der Waals surface area contributed by atoms with Crippen molar-refractivity contribution in [3.05, 3.63) is 83.6 Å². The number of aromatic nitrogens is 1. The molecule has 1 heterocycles. The molecule has 0 N–H and O–H groups in total. The molecule has 0 aliphatic rings. The molecule has 0 saturated carbocycles. The zero-order valence-electron chi connectivity index (χ0n) is 16.2. The van der Waals surface area contributed by atoms with Crippen LogP contribution in [0.1, 0.15) is 29.1 Å². The minimum Gasteiger partial charge on any atom is -0.487 e. The summed E-state index contributed by atoms with van der Waals surface area (Å²) in [6.45, 7) is 0.464. The van der Waals surface area contributed by atoms with Gasteiger partial charge in [0.15, 0.2) is 0 Å². The van der Waals surface area contributed by atoms with Crippen LogP contribution in [0.2, 0.25) is 0 Å². The monoisotopic (exact) mass is 413 g/mol. The molecule has 1 aromatic heterocycles. The van der Waals surface area contributed by atoms with Crippen molar-refractivity contribution in [1.29, 1.82) is 0 Å². The number of nitrogens with zero attached hydrogens (tertiary/aromatic N) is 1. The molecule has 2 aromatic carbocycles. The Morgan fingerprint density at radius 3 is 2.69 bits per heavy atom. The standard InChI is InChI=1S/C22H23NO5S/c1-29(24,25)28-14-6-10-19-9-5-11-21(15-19)26-16-20-17-27-22(23-20)13-12-18-7-3-2-4-8-18/h2-5,7-9,11-13,15,17H,6,10,14,16H2,1H3/b13-12+. The average Bonchev–Trinajstić information content (AvgIpc) is 3.17. The fourth-order valence-corrected chi connectivity index (χ4v) is 3.05. The molecule has 0 aliphatic heterocycles. The molecule has 152 valence electrons. The van der Waals surface area contributed by atoms with Gasteiger partial charge in [-0.1, -0.05) is 42.5 Å². The van der Waals surface area contributed by atoms with Crippen molar-refractivity contribution in [1.82, 2.24) is 4.98 Å². The van der Waals surface area contributed by atoms with E-state index in [0.717, 1.165) is 23.1 Å². The molecule has 3 rings (SSSR count). The first-order valence-corrected chi connectivity index (χ1v) is 11.0. The van der Waals surface area contributed by atoms with Crippen molar-refractivity contribution in [3.63, 3.8) is 0 Å². The lowest BCUT2D eigenvalue weighted by atomic mass is 10.1. The highest BCUT2D eigenvalue weighted by molar-refractivity contribution is 7.85. The van der Waals surface area contributed by atoms with Crippen LogP contribution in [0, 0.1) is 0 Å². The highest BCUT2D eigenvalue weighted by Crippen LogP contribution is 2.17. The van der Waals surface area contributed by atoms with Gasteiger partial charge in [-0.25, -0.2) is 4.98 Å². The van der Waals surface area contributed by atoms with Crippen molar-refractivity contribution < 1.29 is 21.8 Å². The first-order valence-electron chi connectivity index (χ1n) is 9.22. The van der Waals surface area contributed by atoms with Crippen LogP contribution in [0.4, 0.5) is 0 Å². The molecule has 6 nitrogen and oxygen atoms in total. The zero-order chi connectivity index (χ0) is 20.5. The Morgan fingerprint density at radius 2 is 1.90 bits per heavy atom. The van der Waals surface area contributed by atoms with Crippen LogP contribution in [-0.2, 0) is 27.3 Å². The van der Waals surface area contributed by atoms with Gasteiger partial charge in [0.25, 0.3) is 10.1 Å². The van der Waals surface area contributed by atoms with Crippen LogP contribution < -0.4 is 4.74 Å². The normalized spacial score (nSPS) is 11.8. The third-order valence-electron chi connectivity index (χ3n) is 3.98. The number of oxazole rings is 1. The first-order chi connectivity index (χ1) is 14.0. The van der Waals surface area contributed by atoms with E-state index >= 15 is 0 Å². The Hall–Kier alpha value is -2.90. The molecular weight excluding hydrogens is 390 g/mol. The Kier molecular flexibility index (Phi) is 7.21. The summed E-state index contributed by atoms with van der Waals surface area (Å²) >= 11 is 0. The predicted octanol–water partition coefficient (Wildman–Crippen LogP) is 4.33. The van der Waals surface area contributed by atoms with E-state index in [4.69, 9.17) is 13.3 Å². The molecular formula is C22H23NO5S. The van der Waals surface area contributed by atoms with E-state index in [9.17, 15) is 8.42 Å². The van der Waals surface area contributed by atoms with Crippen molar-refractivity contribution in [3.8, 4) is 5.75 Å². The third kappa shape index (κ3) is 7.56. The second kappa shape index (κ2) is 10.0.